The zero-order valence-corrected chi connectivity index (χ0v) is 14.8. The van der Waals surface area contributed by atoms with Gasteiger partial charge in [0.05, 0.1) is 5.02 Å². The number of rotatable bonds is 5. The van der Waals surface area contributed by atoms with Crippen LogP contribution in [-0.2, 0) is 6.54 Å². The Balaban J connectivity index is 1.67. The van der Waals surface area contributed by atoms with Crippen LogP contribution in [0.1, 0.15) is 26.5 Å². The van der Waals surface area contributed by atoms with Gasteiger partial charge in [0.2, 0.25) is 0 Å². The number of aromatic nitrogens is 1. The second-order valence-electron chi connectivity index (χ2n) is 5.66. The fourth-order valence-corrected chi connectivity index (χ4v) is 2.51. The highest BCUT2D eigenvalue weighted by molar-refractivity contribution is 6.31. The summed E-state index contributed by atoms with van der Waals surface area (Å²) in [5.74, 6) is -1.50. The maximum Gasteiger partial charge on any atom is 0.274 e. The number of carbonyl (C=O) groups excluding carboxylic acids is 2. The summed E-state index contributed by atoms with van der Waals surface area (Å²) in [5, 5.41) is 5.22. The number of carbonyl (C=O) groups is 2. The summed E-state index contributed by atoms with van der Waals surface area (Å²) < 4.78 is 13.2. The van der Waals surface area contributed by atoms with Crippen LogP contribution in [-0.4, -0.2) is 16.8 Å². The number of hydrogen-bond acceptors (Lipinski definition) is 3. The summed E-state index contributed by atoms with van der Waals surface area (Å²) >= 11 is 5.70. The van der Waals surface area contributed by atoms with Crippen LogP contribution in [0, 0.1) is 5.82 Å². The normalized spacial score (nSPS) is 10.3. The molecule has 5 nitrogen and oxygen atoms in total. The van der Waals surface area contributed by atoms with Crippen molar-refractivity contribution in [3.05, 3.63) is 94.5 Å². The number of halogens is 2. The molecule has 2 aromatic carbocycles. The molecule has 0 aliphatic rings. The Bertz CT molecular complexity index is 980. The summed E-state index contributed by atoms with van der Waals surface area (Å²) in [6.45, 7) is 0.353. The first-order valence-corrected chi connectivity index (χ1v) is 8.46. The minimum atomic E-state index is -0.579. The fraction of sp³-hybridized carbons (Fsp3) is 0.0500. The van der Waals surface area contributed by atoms with Crippen LogP contribution in [0.4, 0.5) is 10.1 Å². The standard InChI is InChI=1S/C20H15ClFN3O2/c21-15-11-14(9-10-16(15)22)24-20(27)18-8-4-7-17(25-18)19(26)23-12-13-5-2-1-3-6-13/h1-11H,12H2,(H,23,26)(H,24,27). The highest BCUT2D eigenvalue weighted by atomic mass is 35.5. The molecular weight excluding hydrogens is 369 g/mol. The number of hydrogen-bond donors (Lipinski definition) is 2. The van der Waals surface area contributed by atoms with Gasteiger partial charge in [0, 0.05) is 12.2 Å². The maximum absolute atomic E-state index is 13.2. The molecule has 0 saturated carbocycles. The second-order valence-corrected chi connectivity index (χ2v) is 6.07. The van der Waals surface area contributed by atoms with Gasteiger partial charge >= 0.3 is 0 Å². The van der Waals surface area contributed by atoms with Crippen molar-refractivity contribution in [3.63, 3.8) is 0 Å². The van der Waals surface area contributed by atoms with Gasteiger partial charge in [0.1, 0.15) is 17.2 Å². The van der Waals surface area contributed by atoms with Crippen molar-refractivity contribution in [2.24, 2.45) is 0 Å². The Morgan fingerprint density at radius 3 is 2.33 bits per heavy atom. The van der Waals surface area contributed by atoms with Crippen LogP contribution in [0.25, 0.3) is 0 Å². The number of benzene rings is 2. The van der Waals surface area contributed by atoms with Gasteiger partial charge in [-0.05, 0) is 35.9 Å². The van der Waals surface area contributed by atoms with Gasteiger partial charge in [0.25, 0.3) is 11.8 Å². The van der Waals surface area contributed by atoms with E-state index in [2.05, 4.69) is 15.6 Å². The number of amides is 2. The number of anilines is 1. The zero-order chi connectivity index (χ0) is 19.2. The van der Waals surface area contributed by atoms with E-state index < -0.39 is 17.6 Å². The van der Waals surface area contributed by atoms with Crippen molar-refractivity contribution in [2.75, 3.05) is 5.32 Å². The highest BCUT2D eigenvalue weighted by Gasteiger charge is 2.13. The zero-order valence-electron chi connectivity index (χ0n) is 14.1. The largest absolute Gasteiger partial charge is 0.347 e. The van der Waals surface area contributed by atoms with E-state index in [1.165, 1.54) is 24.3 Å². The lowest BCUT2D eigenvalue weighted by Gasteiger charge is -2.08. The average molecular weight is 384 g/mol. The molecule has 2 N–H and O–H groups in total. The van der Waals surface area contributed by atoms with Crippen molar-refractivity contribution in [1.29, 1.82) is 0 Å². The molecule has 0 spiro atoms. The van der Waals surface area contributed by atoms with Gasteiger partial charge in [-0.25, -0.2) is 9.37 Å². The summed E-state index contributed by atoms with van der Waals surface area (Å²) in [5.41, 5.74) is 1.46. The summed E-state index contributed by atoms with van der Waals surface area (Å²) in [7, 11) is 0. The average Bonchev–Trinajstić information content (AvgIpc) is 2.70. The van der Waals surface area contributed by atoms with Crippen LogP contribution >= 0.6 is 11.6 Å². The lowest BCUT2D eigenvalue weighted by molar-refractivity contribution is 0.0945. The molecule has 0 unspecified atom stereocenters. The monoisotopic (exact) mass is 383 g/mol. The minimum absolute atomic E-state index is 0.0582. The topological polar surface area (TPSA) is 71.1 Å². The Labute approximate surface area is 160 Å². The molecule has 0 aliphatic heterocycles. The fourth-order valence-electron chi connectivity index (χ4n) is 2.33. The van der Waals surface area contributed by atoms with Crippen LogP contribution < -0.4 is 10.6 Å². The van der Waals surface area contributed by atoms with E-state index >= 15 is 0 Å². The molecule has 1 aromatic heterocycles. The molecule has 27 heavy (non-hydrogen) atoms. The minimum Gasteiger partial charge on any atom is -0.347 e. The lowest BCUT2D eigenvalue weighted by atomic mass is 10.2. The van der Waals surface area contributed by atoms with E-state index in [9.17, 15) is 14.0 Å². The molecule has 0 atom stereocenters. The number of nitrogens with zero attached hydrogens (tertiary/aromatic N) is 1. The van der Waals surface area contributed by atoms with Crippen molar-refractivity contribution in [1.82, 2.24) is 10.3 Å². The van der Waals surface area contributed by atoms with Crippen molar-refractivity contribution in [3.8, 4) is 0 Å². The van der Waals surface area contributed by atoms with Crippen LogP contribution in [0.15, 0.2) is 66.7 Å². The first kappa shape index (κ1) is 18.5. The molecule has 0 bridgehead atoms. The van der Waals surface area contributed by atoms with Gasteiger partial charge in [-0.3, -0.25) is 9.59 Å². The quantitative estimate of drug-likeness (QED) is 0.698. The van der Waals surface area contributed by atoms with E-state index in [4.69, 9.17) is 11.6 Å². The smallest absolute Gasteiger partial charge is 0.274 e. The first-order valence-electron chi connectivity index (χ1n) is 8.08. The van der Waals surface area contributed by atoms with Gasteiger partial charge < -0.3 is 10.6 Å². The van der Waals surface area contributed by atoms with Crippen molar-refractivity contribution in [2.45, 2.75) is 6.54 Å². The van der Waals surface area contributed by atoms with Gasteiger partial charge in [0.15, 0.2) is 0 Å². The van der Waals surface area contributed by atoms with E-state index in [0.29, 0.717) is 12.2 Å². The van der Waals surface area contributed by atoms with Gasteiger partial charge in [-0.1, -0.05) is 48.0 Å². The van der Waals surface area contributed by atoms with Gasteiger partial charge in [-0.2, -0.15) is 0 Å². The summed E-state index contributed by atoms with van der Waals surface area (Å²) in [6, 6.07) is 17.8. The molecule has 0 radical (unpaired) electrons. The first-order chi connectivity index (χ1) is 13.0. The molecule has 0 saturated heterocycles. The Kier molecular flexibility index (Phi) is 5.78. The molecular formula is C20H15ClFN3O2. The van der Waals surface area contributed by atoms with E-state index in [1.807, 2.05) is 30.3 Å². The predicted octanol–water partition coefficient (Wildman–Crippen LogP) is 4.06. The Morgan fingerprint density at radius 2 is 1.63 bits per heavy atom. The second kappa shape index (κ2) is 8.42. The predicted molar refractivity (Wildman–Crippen MR) is 101 cm³/mol. The SMILES string of the molecule is O=C(NCc1ccccc1)c1cccc(C(=O)Nc2ccc(F)c(Cl)c2)n1. The molecule has 3 aromatic rings. The number of nitrogens with one attached hydrogen (secondary N) is 2. The van der Waals surface area contributed by atoms with Gasteiger partial charge in [-0.15, -0.1) is 0 Å². The van der Waals surface area contributed by atoms with E-state index in [-0.39, 0.29) is 16.4 Å². The Hall–Kier alpha value is -3.25. The molecule has 3 rings (SSSR count). The van der Waals surface area contributed by atoms with Crippen LogP contribution in [0.3, 0.4) is 0 Å². The molecule has 0 aliphatic carbocycles. The van der Waals surface area contributed by atoms with Crippen molar-refractivity contribution >= 4 is 29.1 Å². The third-order valence-corrected chi connectivity index (χ3v) is 3.98. The third-order valence-electron chi connectivity index (χ3n) is 3.69. The van der Waals surface area contributed by atoms with E-state index in [1.54, 1.807) is 6.07 Å². The summed E-state index contributed by atoms with van der Waals surface area (Å²) in [4.78, 5) is 28.7. The van der Waals surface area contributed by atoms with Crippen LogP contribution in [0.2, 0.25) is 5.02 Å². The lowest BCUT2D eigenvalue weighted by Crippen LogP contribution is -2.25. The summed E-state index contributed by atoms with van der Waals surface area (Å²) in [6.07, 6.45) is 0. The van der Waals surface area contributed by atoms with E-state index in [0.717, 1.165) is 11.6 Å². The highest BCUT2D eigenvalue weighted by Crippen LogP contribution is 2.19. The molecule has 1 heterocycles. The number of pyridine rings is 1. The maximum atomic E-state index is 13.2. The molecule has 136 valence electrons. The van der Waals surface area contributed by atoms with Crippen LogP contribution in [0.5, 0.6) is 0 Å². The molecule has 0 fully saturated rings. The Morgan fingerprint density at radius 1 is 0.926 bits per heavy atom. The molecule has 2 amide bonds. The molecule has 7 heteroatoms. The van der Waals surface area contributed by atoms with Crippen molar-refractivity contribution < 1.29 is 14.0 Å². The third kappa shape index (κ3) is 4.89.